The molecule has 6 nitrogen and oxygen atoms in total. The number of rotatable bonds is 6. The lowest BCUT2D eigenvalue weighted by Gasteiger charge is -2.16. The number of halogens is 4. The Balaban J connectivity index is 3.25. The third-order valence-corrected chi connectivity index (χ3v) is 8.96. The molecule has 0 radical (unpaired) electrons. The molecule has 0 amide bonds. The third kappa shape index (κ3) is 6.02. The Morgan fingerprint density at radius 3 is 1.25 bits per heavy atom. The van der Waals surface area contributed by atoms with Gasteiger partial charge in [-0.05, 0) is 104 Å². The molecule has 1 aromatic carbocycles. The minimum atomic E-state index is -0.753. The fourth-order valence-corrected chi connectivity index (χ4v) is 5.60. The molecule has 0 bridgehead atoms. The average Bonchev–Trinajstić information content (AvgIpc) is 2.49. The van der Waals surface area contributed by atoms with Gasteiger partial charge in [0, 0.05) is 14.3 Å². The van der Waals surface area contributed by atoms with Gasteiger partial charge in [-0.25, -0.2) is 9.59 Å². The van der Waals surface area contributed by atoms with Crippen molar-refractivity contribution in [1.29, 1.82) is 0 Å². The summed E-state index contributed by atoms with van der Waals surface area (Å²) in [6, 6.07) is 0. The standard InChI is InChI=1S/C14H14I4O6/c1-5(19)3-23-13(21)7-9(15)11(17)8(12(18)10(7)16)14(22)24-4-6(2)20/h5-6,19-20H,3-4H2,1-2H3. The smallest absolute Gasteiger partial charge is 0.340 e. The van der Waals surface area contributed by atoms with Crippen molar-refractivity contribution in [3.63, 3.8) is 0 Å². The largest absolute Gasteiger partial charge is 0.459 e. The van der Waals surface area contributed by atoms with Crippen molar-refractivity contribution < 1.29 is 29.3 Å². The van der Waals surface area contributed by atoms with Crippen LogP contribution in [0.3, 0.4) is 0 Å². The zero-order chi connectivity index (χ0) is 18.6. The van der Waals surface area contributed by atoms with Crippen molar-refractivity contribution in [2.45, 2.75) is 26.1 Å². The molecular weight excluding hydrogens is 772 g/mol. The molecule has 0 aromatic heterocycles. The number of benzene rings is 1. The lowest BCUT2D eigenvalue weighted by Crippen LogP contribution is -2.21. The summed E-state index contributed by atoms with van der Waals surface area (Å²) in [4.78, 5) is 24.6. The molecule has 0 saturated heterocycles. The number of ether oxygens (including phenoxy) is 2. The highest BCUT2D eigenvalue weighted by Gasteiger charge is 2.28. The molecule has 134 valence electrons. The lowest BCUT2D eigenvalue weighted by molar-refractivity contribution is 0.0284. The zero-order valence-corrected chi connectivity index (χ0v) is 21.2. The molecule has 0 saturated carbocycles. The number of hydrogen-bond donors (Lipinski definition) is 2. The molecule has 24 heavy (non-hydrogen) atoms. The third-order valence-electron chi connectivity index (χ3n) is 2.58. The van der Waals surface area contributed by atoms with Crippen molar-refractivity contribution in [2.75, 3.05) is 13.2 Å². The molecule has 1 aromatic rings. The molecule has 2 unspecified atom stereocenters. The summed E-state index contributed by atoms with van der Waals surface area (Å²) < 4.78 is 12.5. The average molecular weight is 786 g/mol. The van der Waals surface area contributed by atoms with Gasteiger partial charge in [0.25, 0.3) is 0 Å². The minimum absolute atomic E-state index is 0.101. The number of esters is 2. The van der Waals surface area contributed by atoms with Crippen molar-refractivity contribution in [2.24, 2.45) is 0 Å². The van der Waals surface area contributed by atoms with Gasteiger partial charge in [0.15, 0.2) is 0 Å². The first-order chi connectivity index (χ1) is 11.1. The van der Waals surface area contributed by atoms with E-state index in [4.69, 9.17) is 9.47 Å². The van der Waals surface area contributed by atoms with E-state index in [1.165, 1.54) is 13.8 Å². The van der Waals surface area contributed by atoms with Crippen LogP contribution in [0.2, 0.25) is 0 Å². The van der Waals surface area contributed by atoms with Crippen LogP contribution in [-0.4, -0.2) is 47.6 Å². The van der Waals surface area contributed by atoms with E-state index < -0.39 is 24.1 Å². The first-order valence-corrected chi connectivity index (χ1v) is 11.0. The Hall–Kier alpha value is 1.000. The summed E-state index contributed by atoms with van der Waals surface area (Å²) in [6.07, 6.45) is -1.51. The van der Waals surface area contributed by atoms with Gasteiger partial charge < -0.3 is 19.7 Å². The van der Waals surface area contributed by atoms with E-state index in [-0.39, 0.29) is 13.2 Å². The molecule has 0 heterocycles. The van der Waals surface area contributed by atoms with Crippen molar-refractivity contribution in [3.8, 4) is 0 Å². The fraction of sp³-hybridized carbons (Fsp3) is 0.429. The van der Waals surface area contributed by atoms with Gasteiger partial charge in [0.05, 0.1) is 23.3 Å². The molecule has 0 spiro atoms. The van der Waals surface area contributed by atoms with Crippen LogP contribution in [0.1, 0.15) is 34.6 Å². The maximum Gasteiger partial charge on any atom is 0.340 e. The minimum Gasteiger partial charge on any atom is -0.459 e. The van der Waals surface area contributed by atoms with Crippen LogP contribution in [-0.2, 0) is 9.47 Å². The maximum atomic E-state index is 12.3. The second-order valence-corrected chi connectivity index (χ2v) is 9.22. The molecule has 10 heteroatoms. The van der Waals surface area contributed by atoms with E-state index in [0.29, 0.717) is 25.4 Å². The van der Waals surface area contributed by atoms with Crippen LogP contribution in [0.15, 0.2) is 0 Å². The normalized spacial score (nSPS) is 13.3. The highest BCUT2D eigenvalue weighted by molar-refractivity contribution is 14.1. The summed E-state index contributed by atoms with van der Waals surface area (Å²) >= 11 is 7.94. The molecular formula is C14H14I4O6. The Kier molecular flexibility index (Phi) is 9.95. The summed E-state index contributed by atoms with van der Waals surface area (Å²) in [6.45, 7) is 2.85. The van der Waals surface area contributed by atoms with Gasteiger partial charge in [0.2, 0.25) is 0 Å². The number of carbonyl (C=O) groups excluding carboxylic acids is 2. The highest BCUT2D eigenvalue weighted by atomic mass is 127. The summed E-state index contributed by atoms with van der Waals surface area (Å²) in [5.74, 6) is -1.10. The van der Waals surface area contributed by atoms with E-state index in [0.717, 1.165) is 0 Å². The molecule has 0 aliphatic heterocycles. The van der Waals surface area contributed by atoms with Gasteiger partial charge in [-0.15, -0.1) is 0 Å². The van der Waals surface area contributed by atoms with Crippen LogP contribution >= 0.6 is 90.4 Å². The lowest BCUT2D eigenvalue weighted by atomic mass is 10.1. The van der Waals surface area contributed by atoms with Gasteiger partial charge >= 0.3 is 11.9 Å². The molecule has 2 N–H and O–H groups in total. The Morgan fingerprint density at radius 2 is 1.04 bits per heavy atom. The first-order valence-electron chi connectivity index (χ1n) is 6.64. The van der Waals surface area contributed by atoms with E-state index in [1.54, 1.807) is 0 Å². The molecule has 2 atom stereocenters. The summed E-state index contributed by atoms with van der Waals surface area (Å²) in [7, 11) is 0. The monoisotopic (exact) mass is 786 g/mol. The molecule has 1 rings (SSSR count). The van der Waals surface area contributed by atoms with Crippen molar-refractivity contribution in [3.05, 3.63) is 25.4 Å². The molecule has 0 aliphatic rings. The van der Waals surface area contributed by atoms with Crippen LogP contribution in [0.25, 0.3) is 0 Å². The number of aliphatic hydroxyl groups is 2. The van der Waals surface area contributed by atoms with Gasteiger partial charge in [-0.2, -0.15) is 0 Å². The molecule has 0 aliphatic carbocycles. The van der Waals surface area contributed by atoms with Crippen LogP contribution < -0.4 is 0 Å². The van der Waals surface area contributed by atoms with E-state index in [1.807, 2.05) is 90.4 Å². The second kappa shape index (κ2) is 10.4. The van der Waals surface area contributed by atoms with Gasteiger partial charge in [-0.1, -0.05) is 0 Å². The Bertz CT molecular complexity index is 561. The van der Waals surface area contributed by atoms with Crippen LogP contribution in [0.5, 0.6) is 0 Å². The van der Waals surface area contributed by atoms with Crippen molar-refractivity contribution in [1.82, 2.24) is 0 Å². The van der Waals surface area contributed by atoms with Gasteiger partial charge in [-0.3, -0.25) is 0 Å². The number of carbonyl (C=O) groups is 2. The predicted octanol–water partition coefficient (Wildman–Crippen LogP) is 3.18. The highest BCUT2D eigenvalue weighted by Crippen LogP contribution is 2.33. The van der Waals surface area contributed by atoms with E-state index in [2.05, 4.69) is 0 Å². The van der Waals surface area contributed by atoms with Crippen LogP contribution in [0.4, 0.5) is 0 Å². The SMILES string of the molecule is CC(O)COC(=O)c1c(I)c(I)c(C(=O)OCC(C)O)c(I)c1I. The second-order valence-electron chi connectivity index (χ2n) is 4.90. The Morgan fingerprint density at radius 1 is 0.792 bits per heavy atom. The quantitative estimate of drug-likeness (QED) is 0.262. The molecule has 0 fully saturated rings. The zero-order valence-electron chi connectivity index (χ0n) is 12.6. The van der Waals surface area contributed by atoms with Gasteiger partial charge in [0.1, 0.15) is 13.2 Å². The van der Waals surface area contributed by atoms with Crippen molar-refractivity contribution >= 4 is 102 Å². The van der Waals surface area contributed by atoms with E-state index in [9.17, 15) is 19.8 Å². The van der Waals surface area contributed by atoms with E-state index >= 15 is 0 Å². The number of aliphatic hydroxyl groups excluding tert-OH is 2. The predicted molar refractivity (Wildman–Crippen MR) is 121 cm³/mol. The number of hydrogen-bond acceptors (Lipinski definition) is 6. The maximum absolute atomic E-state index is 12.3. The topological polar surface area (TPSA) is 93.1 Å². The van der Waals surface area contributed by atoms with Crippen LogP contribution in [0, 0.1) is 14.3 Å². The Labute approximate surface area is 194 Å². The fourth-order valence-electron chi connectivity index (χ4n) is 1.53. The summed E-state index contributed by atoms with van der Waals surface area (Å²) in [5.41, 5.74) is 0.718. The summed E-state index contributed by atoms with van der Waals surface area (Å²) in [5, 5.41) is 18.5. The first kappa shape index (κ1) is 23.0.